The molecule has 0 aliphatic heterocycles. The van der Waals surface area contributed by atoms with Gasteiger partial charge in [0, 0.05) is 15.5 Å². The van der Waals surface area contributed by atoms with Gasteiger partial charge in [0.25, 0.3) is 0 Å². The molecule has 0 N–H and O–H groups in total. The second kappa shape index (κ2) is 4.09. The molecule has 0 bridgehead atoms. The van der Waals surface area contributed by atoms with Gasteiger partial charge in [-0.25, -0.2) is 0 Å². The molecule has 0 saturated heterocycles. The van der Waals surface area contributed by atoms with E-state index >= 15 is 0 Å². The summed E-state index contributed by atoms with van der Waals surface area (Å²) in [6, 6.07) is 12.5. The molecule has 0 amide bonds. The first kappa shape index (κ1) is 9.65. The summed E-state index contributed by atoms with van der Waals surface area (Å²) >= 11 is 2.32. The standard InChI is InChI=1S/C12H10IN/c1-9-7-11(12(13)8-14-9)10-5-3-2-4-6-10/h2-8H,1H3. The second-order valence-corrected chi connectivity index (χ2v) is 4.33. The third-order valence-electron chi connectivity index (χ3n) is 2.08. The summed E-state index contributed by atoms with van der Waals surface area (Å²) < 4.78 is 1.19. The monoisotopic (exact) mass is 295 g/mol. The molecule has 0 unspecified atom stereocenters. The number of benzene rings is 1. The Labute approximate surface area is 97.3 Å². The van der Waals surface area contributed by atoms with E-state index in [0.29, 0.717) is 0 Å². The predicted octanol–water partition coefficient (Wildman–Crippen LogP) is 3.66. The Kier molecular flexibility index (Phi) is 2.82. The molecule has 2 rings (SSSR count). The number of aryl methyl sites for hydroxylation is 1. The van der Waals surface area contributed by atoms with E-state index in [2.05, 4.69) is 57.9 Å². The molecule has 0 aliphatic rings. The zero-order valence-corrected chi connectivity index (χ0v) is 10.0. The summed E-state index contributed by atoms with van der Waals surface area (Å²) in [6.45, 7) is 2.02. The first-order valence-corrected chi connectivity index (χ1v) is 5.53. The molecule has 1 aromatic heterocycles. The molecule has 0 fully saturated rings. The van der Waals surface area contributed by atoms with Crippen LogP contribution in [0.2, 0.25) is 0 Å². The van der Waals surface area contributed by atoms with Crippen molar-refractivity contribution in [3.8, 4) is 11.1 Å². The van der Waals surface area contributed by atoms with Gasteiger partial charge in [0.05, 0.1) is 0 Å². The van der Waals surface area contributed by atoms with Crippen LogP contribution in [0.25, 0.3) is 11.1 Å². The Morgan fingerprint density at radius 3 is 2.57 bits per heavy atom. The average molecular weight is 295 g/mol. The van der Waals surface area contributed by atoms with Crippen LogP contribution in [0.15, 0.2) is 42.6 Å². The van der Waals surface area contributed by atoms with E-state index in [1.54, 1.807) is 0 Å². The van der Waals surface area contributed by atoms with E-state index in [-0.39, 0.29) is 0 Å². The highest BCUT2D eigenvalue weighted by molar-refractivity contribution is 14.1. The largest absolute Gasteiger partial charge is 0.260 e. The molecule has 0 spiro atoms. The molecule has 0 atom stereocenters. The zero-order valence-electron chi connectivity index (χ0n) is 7.87. The summed E-state index contributed by atoms with van der Waals surface area (Å²) in [4.78, 5) is 4.26. The number of nitrogens with zero attached hydrogens (tertiary/aromatic N) is 1. The van der Waals surface area contributed by atoms with Gasteiger partial charge < -0.3 is 0 Å². The minimum Gasteiger partial charge on any atom is -0.260 e. The molecule has 0 aliphatic carbocycles. The van der Waals surface area contributed by atoms with Gasteiger partial charge >= 0.3 is 0 Å². The lowest BCUT2D eigenvalue weighted by Crippen LogP contribution is -1.87. The summed E-state index contributed by atoms with van der Waals surface area (Å²) in [7, 11) is 0. The number of aromatic nitrogens is 1. The van der Waals surface area contributed by atoms with Crippen molar-refractivity contribution >= 4 is 22.6 Å². The van der Waals surface area contributed by atoms with Crippen LogP contribution < -0.4 is 0 Å². The summed E-state index contributed by atoms with van der Waals surface area (Å²) in [5.41, 5.74) is 3.57. The molecule has 2 heteroatoms. The van der Waals surface area contributed by atoms with Gasteiger partial charge in [-0.3, -0.25) is 4.98 Å². The number of pyridine rings is 1. The molecule has 14 heavy (non-hydrogen) atoms. The minimum atomic E-state index is 1.06. The summed E-state index contributed by atoms with van der Waals surface area (Å²) in [5, 5.41) is 0. The fraction of sp³-hybridized carbons (Fsp3) is 0.0833. The topological polar surface area (TPSA) is 12.9 Å². The van der Waals surface area contributed by atoms with Crippen LogP contribution in [0.4, 0.5) is 0 Å². The molecule has 70 valence electrons. The maximum Gasteiger partial charge on any atom is 0.0411 e. The zero-order chi connectivity index (χ0) is 9.97. The Hall–Kier alpha value is -0.900. The van der Waals surface area contributed by atoms with Crippen LogP contribution in [-0.4, -0.2) is 4.98 Å². The van der Waals surface area contributed by atoms with Crippen LogP contribution in [0, 0.1) is 10.5 Å². The maximum atomic E-state index is 4.26. The van der Waals surface area contributed by atoms with Gasteiger partial charge in [-0.05, 0) is 46.7 Å². The van der Waals surface area contributed by atoms with Gasteiger partial charge in [-0.15, -0.1) is 0 Å². The van der Waals surface area contributed by atoms with E-state index < -0.39 is 0 Å². The molecule has 1 aromatic carbocycles. The molecule has 1 nitrogen and oxygen atoms in total. The fourth-order valence-corrected chi connectivity index (χ4v) is 1.99. The van der Waals surface area contributed by atoms with E-state index in [1.807, 2.05) is 19.2 Å². The van der Waals surface area contributed by atoms with Crippen LogP contribution in [0.5, 0.6) is 0 Å². The molecule has 1 heterocycles. The van der Waals surface area contributed by atoms with Crippen molar-refractivity contribution in [1.29, 1.82) is 0 Å². The van der Waals surface area contributed by atoms with Crippen molar-refractivity contribution in [2.45, 2.75) is 6.92 Å². The number of halogens is 1. The Morgan fingerprint density at radius 1 is 1.14 bits per heavy atom. The first-order chi connectivity index (χ1) is 6.77. The highest BCUT2D eigenvalue weighted by Crippen LogP contribution is 2.24. The van der Waals surface area contributed by atoms with Gasteiger partial charge in [0.1, 0.15) is 0 Å². The molecule has 2 aromatic rings. The van der Waals surface area contributed by atoms with Crippen molar-refractivity contribution in [2.75, 3.05) is 0 Å². The molecular weight excluding hydrogens is 285 g/mol. The lowest BCUT2D eigenvalue weighted by atomic mass is 10.1. The maximum absolute atomic E-state index is 4.26. The SMILES string of the molecule is Cc1cc(-c2ccccc2)c(I)cn1. The van der Waals surface area contributed by atoms with Crippen molar-refractivity contribution in [3.63, 3.8) is 0 Å². The van der Waals surface area contributed by atoms with Crippen molar-refractivity contribution in [3.05, 3.63) is 51.9 Å². The van der Waals surface area contributed by atoms with Gasteiger partial charge in [0.15, 0.2) is 0 Å². The van der Waals surface area contributed by atoms with Crippen LogP contribution in [0.1, 0.15) is 5.69 Å². The highest BCUT2D eigenvalue weighted by atomic mass is 127. The summed E-state index contributed by atoms with van der Waals surface area (Å²) in [5.74, 6) is 0. The third-order valence-corrected chi connectivity index (χ3v) is 2.94. The average Bonchev–Trinajstić information content (AvgIpc) is 2.23. The molecular formula is C12H10IN. The smallest absolute Gasteiger partial charge is 0.0411 e. The quantitative estimate of drug-likeness (QED) is 0.732. The van der Waals surface area contributed by atoms with Gasteiger partial charge in [-0.2, -0.15) is 0 Å². The van der Waals surface area contributed by atoms with E-state index in [1.165, 1.54) is 14.7 Å². The van der Waals surface area contributed by atoms with Crippen LogP contribution >= 0.6 is 22.6 Å². The summed E-state index contributed by atoms with van der Waals surface area (Å²) in [6.07, 6.45) is 1.91. The lowest BCUT2D eigenvalue weighted by Gasteiger charge is -2.04. The minimum absolute atomic E-state index is 1.06. The van der Waals surface area contributed by atoms with Gasteiger partial charge in [-0.1, -0.05) is 30.3 Å². The normalized spacial score (nSPS) is 10.1. The number of hydrogen-bond donors (Lipinski definition) is 0. The predicted molar refractivity (Wildman–Crippen MR) is 67.1 cm³/mol. The fourth-order valence-electron chi connectivity index (χ4n) is 1.38. The number of hydrogen-bond acceptors (Lipinski definition) is 1. The van der Waals surface area contributed by atoms with Crippen LogP contribution in [0.3, 0.4) is 0 Å². The highest BCUT2D eigenvalue weighted by Gasteiger charge is 2.02. The van der Waals surface area contributed by atoms with Crippen molar-refractivity contribution in [2.24, 2.45) is 0 Å². The van der Waals surface area contributed by atoms with Crippen molar-refractivity contribution < 1.29 is 0 Å². The second-order valence-electron chi connectivity index (χ2n) is 3.17. The van der Waals surface area contributed by atoms with Crippen molar-refractivity contribution in [1.82, 2.24) is 4.98 Å². The van der Waals surface area contributed by atoms with E-state index in [9.17, 15) is 0 Å². The van der Waals surface area contributed by atoms with Gasteiger partial charge in [0.2, 0.25) is 0 Å². The third kappa shape index (κ3) is 1.95. The van der Waals surface area contributed by atoms with E-state index in [4.69, 9.17) is 0 Å². The molecule has 0 radical (unpaired) electrons. The Balaban J connectivity index is 2.57. The first-order valence-electron chi connectivity index (χ1n) is 4.45. The molecule has 0 saturated carbocycles. The van der Waals surface area contributed by atoms with E-state index in [0.717, 1.165) is 5.69 Å². The number of rotatable bonds is 1. The Bertz CT molecular complexity index is 437. The lowest BCUT2D eigenvalue weighted by molar-refractivity contribution is 1.19. The Morgan fingerprint density at radius 2 is 1.86 bits per heavy atom. The van der Waals surface area contributed by atoms with Crippen LogP contribution in [-0.2, 0) is 0 Å².